The first kappa shape index (κ1) is 16.5. The summed E-state index contributed by atoms with van der Waals surface area (Å²) in [4.78, 5) is 16.1. The van der Waals surface area contributed by atoms with E-state index in [1.165, 1.54) is 22.4 Å². The van der Waals surface area contributed by atoms with Crippen LogP contribution in [0, 0.1) is 0 Å². The molecule has 4 heteroatoms. The lowest BCUT2D eigenvalue weighted by Gasteiger charge is -2.20. The van der Waals surface area contributed by atoms with Gasteiger partial charge in [-0.3, -0.25) is 4.98 Å². The number of carbonyl (C=O) groups is 1. The molecule has 0 unspecified atom stereocenters. The van der Waals surface area contributed by atoms with Crippen molar-refractivity contribution in [3.8, 4) is 28.2 Å². The van der Waals surface area contributed by atoms with Gasteiger partial charge in [0.2, 0.25) is 0 Å². The summed E-state index contributed by atoms with van der Waals surface area (Å²) in [5.41, 5.74) is 7.96. The van der Waals surface area contributed by atoms with Crippen LogP contribution >= 0.6 is 0 Å². The van der Waals surface area contributed by atoms with E-state index >= 15 is 0 Å². The predicted molar refractivity (Wildman–Crippen MR) is 109 cm³/mol. The molecule has 5 rings (SSSR count). The van der Waals surface area contributed by atoms with E-state index in [1.54, 1.807) is 24.4 Å². The Labute approximate surface area is 162 Å². The summed E-state index contributed by atoms with van der Waals surface area (Å²) >= 11 is 0. The predicted octanol–water partition coefficient (Wildman–Crippen LogP) is 5.00. The van der Waals surface area contributed by atoms with Crippen molar-refractivity contribution in [1.82, 2.24) is 9.55 Å². The maximum absolute atomic E-state index is 11.5. The number of aromatic nitrogens is 2. The molecule has 4 nitrogen and oxygen atoms in total. The highest BCUT2D eigenvalue weighted by Crippen LogP contribution is 2.40. The first-order valence-electron chi connectivity index (χ1n) is 9.30. The maximum atomic E-state index is 11.5. The van der Waals surface area contributed by atoms with Gasteiger partial charge in [-0.1, -0.05) is 36.4 Å². The number of rotatable bonds is 3. The SMILES string of the molecule is O=C(O)c1cccc(-n2c(-c3ccccn3)cc3c2CCc2ccccc2-3)c1. The van der Waals surface area contributed by atoms with Crippen LogP contribution in [-0.4, -0.2) is 20.6 Å². The standard InChI is InChI=1S/C24H18N2O2/c27-24(28)17-7-5-8-18(14-17)26-22-12-11-16-6-1-2-9-19(16)20(22)15-23(26)21-10-3-4-13-25-21/h1-10,13-15H,11-12H2,(H,27,28). The van der Waals surface area contributed by atoms with Crippen molar-refractivity contribution < 1.29 is 9.90 Å². The van der Waals surface area contributed by atoms with Crippen LogP contribution in [0.25, 0.3) is 28.2 Å². The van der Waals surface area contributed by atoms with Gasteiger partial charge in [0.25, 0.3) is 0 Å². The highest BCUT2D eigenvalue weighted by Gasteiger charge is 2.24. The Morgan fingerprint density at radius 3 is 2.57 bits per heavy atom. The van der Waals surface area contributed by atoms with E-state index in [0.717, 1.165) is 29.9 Å². The van der Waals surface area contributed by atoms with Gasteiger partial charge in [-0.05, 0) is 60.4 Å². The van der Waals surface area contributed by atoms with Gasteiger partial charge in [-0.15, -0.1) is 0 Å². The summed E-state index contributed by atoms with van der Waals surface area (Å²) in [6.45, 7) is 0. The molecule has 0 saturated carbocycles. The van der Waals surface area contributed by atoms with Crippen molar-refractivity contribution in [3.63, 3.8) is 0 Å². The number of pyridine rings is 1. The van der Waals surface area contributed by atoms with E-state index in [-0.39, 0.29) is 5.56 Å². The van der Waals surface area contributed by atoms with Gasteiger partial charge in [0.1, 0.15) is 0 Å². The van der Waals surface area contributed by atoms with Gasteiger partial charge in [0.05, 0.1) is 17.0 Å². The highest BCUT2D eigenvalue weighted by molar-refractivity contribution is 5.88. The van der Waals surface area contributed by atoms with Gasteiger partial charge in [0.15, 0.2) is 0 Å². The van der Waals surface area contributed by atoms with Gasteiger partial charge in [-0.25, -0.2) is 4.79 Å². The van der Waals surface area contributed by atoms with Crippen LogP contribution in [0.1, 0.15) is 21.6 Å². The van der Waals surface area contributed by atoms with Gasteiger partial charge in [-0.2, -0.15) is 0 Å². The summed E-state index contributed by atoms with van der Waals surface area (Å²) in [6, 6.07) is 23.6. The van der Waals surface area contributed by atoms with E-state index in [9.17, 15) is 9.90 Å². The molecule has 1 aliphatic rings. The molecule has 1 aliphatic carbocycles. The number of hydrogen-bond acceptors (Lipinski definition) is 2. The Bertz CT molecular complexity index is 1190. The van der Waals surface area contributed by atoms with E-state index in [2.05, 4.69) is 39.9 Å². The second-order valence-electron chi connectivity index (χ2n) is 6.95. The molecule has 4 aromatic rings. The van der Waals surface area contributed by atoms with E-state index < -0.39 is 5.97 Å². The monoisotopic (exact) mass is 366 g/mol. The molecule has 0 spiro atoms. The molecule has 2 aromatic heterocycles. The average Bonchev–Trinajstić information content (AvgIpc) is 3.14. The molecule has 2 aromatic carbocycles. The van der Waals surface area contributed by atoms with Crippen LogP contribution in [0.4, 0.5) is 0 Å². The minimum absolute atomic E-state index is 0.281. The molecule has 0 bridgehead atoms. The number of fused-ring (bicyclic) bond motifs is 3. The zero-order valence-electron chi connectivity index (χ0n) is 15.2. The number of aromatic carboxylic acids is 1. The lowest BCUT2D eigenvalue weighted by molar-refractivity contribution is 0.0697. The highest BCUT2D eigenvalue weighted by atomic mass is 16.4. The summed E-state index contributed by atoms with van der Waals surface area (Å²) in [5, 5.41) is 9.44. The van der Waals surface area contributed by atoms with Crippen molar-refractivity contribution in [3.05, 3.63) is 95.8 Å². The third-order valence-corrected chi connectivity index (χ3v) is 5.32. The molecule has 0 fully saturated rings. The van der Waals surface area contributed by atoms with Crippen LogP contribution in [0.3, 0.4) is 0 Å². The molecule has 28 heavy (non-hydrogen) atoms. The molecule has 1 N–H and O–H groups in total. The van der Waals surface area contributed by atoms with Crippen molar-refractivity contribution in [2.75, 3.05) is 0 Å². The smallest absolute Gasteiger partial charge is 0.335 e. The minimum Gasteiger partial charge on any atom is -0.478 e. The zero-order valence-corrected chi connectivity index (χ0v) is 15.2. The summed E-state index contributed by atoms with van der Waals surface area (Å²) in [7, 11) is 0. The van der Waals surface area contributed by atoms with Crippen LogP contribution in [-0.2, 0) is 12.8 Å². The number of carboxylic acid groups (broad SMARTS) is 1. The molecule has 0 radical (unpaired) electrons. The third-order valence-electron chi connectivity index (χ3n) is 5.32. The van der Waals surface area contributed by atoms with Crippen LogP contribution < -0.4 is 0 Å². The summed E-state index contributed by atoms with van der Waals surface area (Å²) in [5.74, 6) is -0.924. The number of nitrogens with zero attached hydrogens (tertiary/aromatic N) is 2. The van der Waals surface area contributed by atoms with Crippen molar-refractivity contribution >= 4 is 5.97 Å². The topological polar surface area (TPSA) is 55.1 Å². The van der Waals surface area contributed by atoms with Gasteiger partial charge in [0, 0.05) is 23.1 Å². The maximum Gasteiger partial charge on any atom is 0.335 e. The molecular weight excluding hydrogens is 348 g/mol. The first-order valence-corrected chi connectivity index (χ1v) is 9.30. The van der Waals surface area contributed by atoms with Gasteiger partial charge < -0.3 is 9.67 Å². The molecule has 136 valence electrons. The molecule has 0 saturated heterocycles. The quantitative estimate of drug-likeness (QED) is 0.555. The number of aryl methyl sites for hydroxylation is 1. The van der Waals surface area contributed by atoms with Crippen LogP contribution in [0.5, 0.6) is 0 Å². The largest absolute Gasteiger partial charge is 0.478 e. The average molecular weight is 366 g/mol. The van der Waals surface area contributed by atoms with Crippen LogP contribution in [0.2, 0.25) is 0 Å². The van der Waals surface area contributed by atoms with E-state index in [0.29, 0.717) is 0 Å². The molecule has 0 aliphatic heterocycles. The van der Waals surface area contributed by atoms with E-state index in [1.807, 2.05) is 24.3 Å². The van der Waals surface area contributed by atoms with Crippen LogP contribution in [0.15, 0.2) is 79.0 Å². The Balaban J connectivity index is 1.80. The molecule has 0 atom stereocenters. The Morgan fingerprint density at radius 2 is 1.75 bits per heavy atom. The lowest BCUT2D eigenvalue weighted by atomic mass is 9.90. The molecular formula is C24H18N2O2. The molecule has 0 amide bonds. The van der Waals surface area contributed by atoms with Crippen molar-refractivity contribution in [1.29, 1.82) is 0 Å². The summed E-state index contributed by atoms with van der Waals surface area (Å²) < 4.78 is 2.17. The third kappa shape index (κ3) is 2.62. The van der Waals surface area contributed by atoms with E-state index in [4.69, 9.17) is 0 Å². The number of carboxylic acids is 1. The fourth-order valence-corrected chi connectivity index (χ4v) is 4.06. The second kappa shape index (κ2) is 6.50. The first-order chi connectivity index (χ1) is 13.7. The summed E-state index contributed by atoms with van der Waals surface area (Å²) in [6.07, 6.45) is 3.65. The van der Waals surface area contributed by atoms with Gasteiger partial charge >= 0.3 is 5.97 Å². The number of benzene rings is 2. The lowest BCUT2D eigenvalue weighted by Crippen LogP contribution is -2.09. The fourth-order valence-electron chi connectivity index (χ4n) is 4.06. The Kier molecular flexibility index (Phi) is 3.83. The second-order valence-corrected chi connectivity index (χ2v) is 6.95. The fraction of sp³-hybridized carbons (Fsp3) is 0.0833. The van der Waals surface area contributed by atoms with Crippen molar-refractivity contribution in [2.24, 2.45) is 0 Å². The Hall–Kier alpha value is -3.66. The minimum atomic E-state index is -0.924. The molecule has 2 heterocycles. The Morgan fingerprint density at radius 1 is 0.893 bits per heavy atom. The van der Waals surface area contributed by atoms with Crippen molar-refractivity contribution in [2.45, 2.75) is 12.8 Å². The normalized spacial score (nSPS) is 12.3. The zero-order chi connectivity index (χ0) is 19.1. The number of hydrogen-bond donors (Lipinski definition) is 1.